The third-order valence-electron chi connectivity index (χ3n) is 3.75. The van der Waals surface area contributed by atoms with Crippen LogP contribution in [0.25, 0.3) is 11.4 Å². The van der Waals surface area contributed by atoms with Crippen molar-refractivity contribution in [3.05, 3.63) is 35.7 Å². The van der Waals surface area contributed by atoms with Gasteiger partial charge in [-0.05, 0) is 12.0 Å². The quantitative estimate of drug-likeness (QED) is 0.711. The first-order valence-electron chi connectivity index (χ1n) is 7.32. The molecule has 0 aliphatic heterocycles. The topological polar surface area (TPSA) is 85.1 Å². The van der Waals surface area contributed by atoms with Crippen molar-refractivity contribution in [2.75, 3.05) is 5.75 Å². The lowest BCUT2D eigenvalue weighted by molar-refractivity contribution is -0.159. The van der Waals surface area contributed by atoms with Crippen LogP contribution in [0.15, 0.2) is 28.8 Å². The number of aromatic nitrogens is 2. The summed E-state index contributed by atoms with van der Waals surface area (Å²) in [4.78, 5) is 3.28. The van der Waals surface area contributed by atoms with Gasteiger partial charge in [-0.2, -0.15) is 18.2 Å². The van der Waals surface area contributed by atoms with Crippen LogP contribution in [0.3, 0.4) is 0 Å². The van der Waals surface area contributed by atoms with Gasteiger partial charge in [0, 0.05) is 18.0 Å². The van der Waals surface area contributed by atoms with Crippen molar-refractivity contribution < 1.29 is 26.1 Å². The fourth-order valence-corrected chi connectivity index (χ4v) is 4.34. The van der Waals surface area contributed by atoms with E-state index in [9.17, 15) is 21.6 Å². The summed E-state index contributed by atoms with van der Waals surface area (Å²) in [5.74, 6) is -2.11. The van der Waals surface area contributed by atoms with Crippen molar-refractivity contribution in [2.45, 2.75) is 23.5 Å². The first-order valence-corrected chi connectivity index (χ1v) is 9.72. The van der Waals surface area contributed by atoms with Gasteiger partial charge in [-0.15, -0.1) is 23.2 Å². The monoisotopic (exact) mass is 429 g/mol. The van der Waals surface area contributed by atoms with E-state index in [4.69, 9.17) is 23.2 Å². The highest BCUT2D eigenvalue weighted by Crippen LogP contribution is 2.53. The lowest BCUT2D eigenvalue weighted by atomic mass is 10.1. The van der Waals surface area contributed by atoms with Crippen LogP contribution in [0.2, 0.25) is 0 Å². The van der Waals surface area contributed by atoms with Crippen LogP contribution in [-0.2, 0) is 22.7 Å². The van der Waals surface area contributed by atoms with E-state index in [0.29, 0.717) is 17.5 Å². The van der Waals surface area contributed by atoms with E-state index >= 15 is 0 Å². The van der Waals surface area contributed by atoms with Crippen LogP contribution in [-0.4, -0.2) is 28.6 Å². The van der Waals surface area contributed by atoms with Crippen LogP contribution >= 0.6 is 23.2 Å². The lowest BCUT2D eigenvalue weighted by Gasteiger charge is -2.07. The zero-order valence-corrected chi connectivity index (χ0v) is 15.3. The number of sulfonamides is 1. The Hall–Kier alpha value is -1.36. The van der Waals surface area contributed by atoms with Gasteiger partial charge in [0.05, 0.1) is 5.75 Å². The fourth-order valence-electron chi connectivity index (χ4n) is 2.20. The molecule has 1 unspecified atom stereocenters. The highest BCUT2D eigenvalue weighted by atomic mass is 35.5. The Balaban J connectivity index is 1.60. The summed E-state index contributed by atoms with van der Waals surface area (Å²) in [5.41, 5.74) is 0.915. The van der Waals surface area contributed by atoms with E-state index in [0.717, 1.165) is 0 Å². The third kappa shape index (κ3) is 4.67. The van der Waals surface area contributed by atoms with Crippen molar-refractivity contribution in [3.8, 4) is 11.4 Å². The molecule has 1 saturated carbocycles. The predicted octanol–water partition coefficient (Wildman–Crippen LogP) is 3.37. The Bertz CT molecular complexity index is 898. The molecule has 1 aliphatic rings. The molecule has 0 radical (unpaired) electrons. The van der Waals surface area contributed by atoms with Crippen LogP contribution in [0.4, 0.5) is 13.2 Å². The predicted molar refractivity (Wildman–Crippen MR) is 87.9 cm³/mol. The van der Waals surface area contributed by atoms with E-state index < -0.39 is 26.4 Å². The summed E-state index contributed by atoms with van der Waals surface area (Å²) in [6, 6.07) is 6.04. The molecule has 1 aromatic heterocycles. The summed E-state index contributed by atoms with van der Waals surface area (Å²) >= 11 is 11.6. The van der Waals surface area contributed by atoms with Gasteiger partial charge >= 0.3 is 12.1 Å². The maximum absolute atomic E-state index is 12.5. The minimum Gasteiger partial charge on any atom is -0.329 e. The van der Waals surface area contributed by atoms with Gasteiger partial charge in [0.15, 0.2) is 0 Å². The molecule has 1 atom stereocenters. The van der Waals surface area contributed by atoms with Crippen LogP contribution in [0.5, 0.6) is 0 Å². The van der Waals surface area contributed by atoms with Gasteiger partial charge in [0.1, 0.15) is 4.33 Å². The molecule has 0 spiro atoms. The second-order valence-corrected chi connectivity index (χ2v) is 9.28. The van der Waals surface area contributed by atoms with Crippen molar-refractivity contribution in [3.63, 3.8) is 0 Å². The number of nitrogens with one attached hydrogen (secondary N) is 1. The number of hydrogen-bond donors (Lipinski definition) is 1. The second-order valence-electron chi connectivity index (χ2n) is 5.88. The van der Waals surface area contributed by atoms with Crippen molar-refractivity contribution in [1.82, 2.24) is 14.9 Å². The minimum atomic E-state index is -4.71. The molecule has 1 N–H and O–H groups in total. The zero-order valence-electron chi connectivity index (χ0n) is 12.9. The maximum Gasteiger partial charge on any atom is 0.471 e. The SMILES string of the molecule is O=S(=O)(CC1CC1(Cl)Cl)NCc1ccc(-c2noc(C(F)(F)F)n2)cc1. The minimum absolute atomic E-state index is 0.0208. The van der Waals surface area contributed by atoms with Crippen molar-refractivity contribution in [2.24, 2.45) is 5.92 Å². The van der Waals surface area contributed by atoms with E-state index in [2.05, 4.69) is 19.4 Å². The molecule has 1 aromatic carbocycles. The van der Waals surface area contributed by atoms with E-state index in [1.807, 2.05) is 0 Å². The van der Waals surface area contributed by atoms with Crippen molar-refractivity contribution >= 4 is 33.2 Å². The molecular formula is C14H12Cl2F3N3O3S. The number of halogens is 5. The summed E-state index contributed by atoms with van der Waals surface area (Å²) in [6.45, 7) is 0.0208. The molecule has 0 bridgehead atoms. The fraction of sp³-hybridized carbons (Fsp3) is 0.429. The summed E-state index contributed by atoms with van der Waals surface area (Å²) in [5, 5.41) is 3.28. The number of benzene rings is 1. The van der Waals surface area contributed by atoms with Gasteiger partial charge in [-0.3, -0.25) is 0 Å². The van der Waals surface area contributed by atoms with Crippen LogP contribution in [0.1, 0.15) is 17.9 Å². The average molecular weight is 430 g/mol. The second kappa shape index (κ2) is 6.66. The molecule has 1 heterocycles. The Kier molecular flexibility index (Phi) is 4.97. The number of rotatable bonds is 6. The van der Waals surface area contributed by atoms with E-state index in [-0.39, 0.29) is 24.0 Å². The average Bonchev–Trinajstić information content (AvgIpc) is 2.95. The Morgan fingerprint density at radius 1 is 1.27 bits per heavy atom. The summed E-state index contributed by atoms with van der Waals surface area (Å²) in [6.07, 6.45) is -4.29. The number of nitrogens with zero attached hydrogens (tertiary/aromatic N) is 2. The Morgan fingerprint density at radius 3 is 2.38 bits per heavy atom. The first kappa shape index (κ1) is 19.4. The Morgan fingerprint density at radius 2 is 1.88 bits per heavy atom. The van der Waals surface area contributed by atoms with Gasteiger partial charge in [-0.25, -0.2) is 13.1 Å². The summed E-state index contributed by atoms with van der Waals surface area (Å²) in [7, 11) is -3.55. The molecule has 0 amide bonds. The molecule has 0 saturated heterocycles. The van der Waals surface area contributed by atoms with E-state index in [1.165, 1.54) is 12.1 Å². The molecule has 6 nitrogen and oxygen atoms in total. The molecule has 142 valence electrons. The maximum atomic E-state index is 12.5. The van der Waals surface area contributed by atoms with Gasteiger partial charge in [-0.1, -0.05) is 29.4 Å². The van der Waals surface area contributed by atoms with Crippen LogP contribution < -0.4 is 4.72 Å². The number of alkyl halides is 5. The zero-order chi connectivity index (χ0) is 19.2. The molecule has 2 aromatic rings. The standard InChI is InChI=1S/C14H12Cl2F3N3O3S/c15-13(16)5-10(13)7-26(23,24)20-6-8-1-3-9(4-2-8)11-21-12(25-22-11)14(17,18)19/h1-4,10,20H,5-7H2. The first-order chi connectivity index (χ1) is 12.0. The summed E-state index contributed by atoms with van der Waals surface area (Å²) < 4.78 is 66.9. The van der Waals surface area contributed by atoms with Gasteiger partial charge in [0.2, 0.25) is 15.8 Å². The highest BCUT2D eigenvalue weighted by molar-refractivity contribution is 7.89. The molecule has 1 fully saturated rings. The highest BCUT2D eigenvalue weighted by Gasteiger charge is 2.53. The lowest BCUT2D eigenvalue weighted by Crippen LogP contribution is -2.27. The van der Waals surface area contributed by atoms with Gasteiger partial charge < -0.3 is 4.52 Å². The Labute approximate surface area is 156 Å². The molecule has 3 rings (SSSR count). The van der Waals surface area contributed by atoms with Crippen molar-refractivity contribution in [1.29, 1.82) is 0 Å². The molecule has 26 heavy (non-hydrogen) atoms. The smallest absolute Gasteiger partial charge is 0.329 e. The van der Waals surface area contributed by atoms with E-state index in [1.54, 1.807) is 12.1 Å². The molecule has 1 aliphatic carbocycles. The largest absolute Gasteiger partial charge is 0.471 e. The normalized spacial score (nSPS) is 19.5. The molecular weight excluding hydrogens is 418 g/mol. The van der Waals surface area contributed by atoms with Crippen LogP contribution in [0, 0.1) is 5.92 Å². The van der Waals surface area contributed by atoms with Gasteiger partial charge in [0.25, 0.3) is 0 Å². The number of hydrogen-bond acceptors (Lipinski definition) is 5. The molecule has 12 heteroatoms. The third-order valence-corrected chi connectivity index (χ3v) is 6.10.